The van der Waals surface area contributed by atoms with Gasteiger partial charge >= 0.3 is 0 Å². The first-order chi connectivity index (χ1) is 15.6. The molecule has 1 aromatic carbocycles. The molecular formula is C24H24BrN3O4. The Hall–Kier alpha value is -3.13. The summed E-state index contributed by atoms with van der Waals surface area (Å²) >= 11 is 3.41. The summed E-state index contributed by atoms with van der Waals surface area (Å²) in [7, 11) is 0. The Balaban J connectivity index is 1.24. The number of hydrogen-bond acceptors (Lipinski definition) is 5. The summed E-state index contributed by atoms with van der Waals surface area (Å²) < 4.78 is 12.3. The molecule has 3 heterocycles. The van der Waals surface area contributed by atoms with Gasteiger partial charge in [0.05, 0.1) is 0 Å². The van der Waals surface area contributed by atoms with Gasteiger partial charge in [0.2, 0.25) is 5.91 Å². The van der Waals surface area contributed by atoms with Crippen LogP contribution in [-0.4, -0.2) is 34.8 Å². The van der Waals surface area contributed by atoms with E-state index in [2.05, 4.69) is 26.2 Å². The normalized spacial score (nSPS) is 14.2. The Morgan fingerprint density at radius 2 is 2.00 bits per heavy atom. The largest absolute Gasteiger partial charge is 0.486 e. The summed E-state index contributed by atoms with van der Waals surface area (Å²) in [5.41, 5.74) is 0.964. The SMILES string of the molecule is O=C(NCc1cccnc1)C1CCN(C(=O)c2ccc(COc3cccc(Br)c3)o2)CC1. The van der Waals surface area contributed by atoms with Gasteiger partial charge in [-0.25, -0.2) is 0 Å². The molecule has 1 N–H and O–H groups in total. The van der Waals surface area contributed by atoms with Crippen LogP contribution < -0.4 is 10.1 Å². The second kappa shape index (κ2) is 10.5. The Bertz CT molecular complexity index is 1060. The molecule has 1 aliphatic heterocycles. The highest BCUT2D eigenvalue weighted by molar-refractivity contribution is 9.10. The van der Waals surface area contributed by atoms with Gasteiger partial charge in [0.1, 0.15) is 18.1 Å². The monoisotopic (exact) mass is 497 g/mol. The molecule has 0 spiro atoms. The Morgan fingerprint density at radius 3 is 2.75 bits per heavy atom. The lowest BCUT2D eigenvalue weighted by Gasteiger charge is -2.30. The third-order valence-corrected chi connectivity index (χ3v) is 5.89. The second-order valence-corrected chi connectivity index (χ2v) is 8.57. The van der Waals surface area contributed by atoms with Crippen LogP contribution in [0.5, 0.6) is 5.75 Å². The average molecular weight is 498 g/mol. The first-order valence-electron chi connectivity index (χ1n) is 10.5. The quantitative estimate of drug-likeness (QED) is 0.529. The number of furan rings is 1. The van der Waals surface area contributed by atoms with Gasteiger partial charge in [0.25, 0.3) is 5.91 Å². The average Bonchev–Trinajstić information content (AvgIpc) is 3.31. The van der Waals surface area contributed by atoms with E-state index in [9.17, 15) is 9.59 Å². The Labute approximate surface area is 194 Å². The van der Waals surface area contributed by atoms with Crippen LogP contribution in [-0.2, 0) is 17.9 Å². The maximum atomic E-state index is 12.8. The number of benzene rings is 1. The van der Waals surface area contributed by atoms with Crippen LogP contribution in [0, 0.1) is 5.92 Å². The number of aromatic nitrogens is 1. The second-order valence-electron chi connectivity index (χ2n) is 7.66. The van der Waals surface area contributed by atoms with Crippen molar-refractivity contribution in [2.45, 2.75) is 26.0 Å². The molecule has 166 valence electrons. The minimum atomic E-state index is -0.159. The van der Waals surface area contributed by atoms with Gasteiger partial charge < -0.3 is 19.4 Å². The van der Waals surface area contributed by atoms with Crippen LogP contribution in [0.15, 0.2) is 69.8 Å². The molecule has 2 aromatic heterocycles. The van der Waals surface area contributed by atoms with E-state index in [-0.39, 0.29) is 30.1 Å². The van der Waals surface area contributed by atoms with Crippen molar-refractivity contribution in [2.75, 3.05) is 13.1 Å². The third kappa shape index (κ3) is 5.76. The lowest BCUT2D eigenvalue weighted by atomic mass is 9.95. The van der Waals surface area contributed by atoms with Gasteiger partial charge in [-0.15, -0.1) is 0 Å². The minimum Gasteiger partial charge on any atom is -0.486 e. The van der Waals surface area contributed by atoms with Crippen LogP contribution in [0.2, 0.25) is 0 Å². The van der Waals surface area contributed by atoms with Gasteiger partial charge in [-0.1, -0.05) is 28.1 Å². The van der Waals surface area contributed by atoms with Gasteiger partial charge in [0.15, 0.2) is 5.76 Å². The molecule has 1 fully saturated rings. The molecule has 0 radical (unpaired) electrons. The number of halogens is 1. The highest BCUT2D eigenvalue weighted by Gasteiger charge is 2.29. The fraction of sp³-hybridized carbons (Fsp3) is 0.292. The molecule has 0 unspecified atom stereocenters. The van der Waals surface area contributed by atoms with Crippen LogP contribution in [0.1, 0.15) is 34.7 Å². The van der Waals surface area contributed by atoms with Crippen molar-refractivity contribution in [3.8, 4) is 5.75 Å². The number of rotatable bonds is 7. The number of ether oxygens (including phenoxy) is 1. The van der Waals surface area contributed by atoms with Crippen molar-refractivity contribution in [2.24, 2.45) is 5.92 Å². The first kappa shape index (κ1) is 22.1. The van der Waals surface area contributed by atoms with Crippen LogP contribution in [0.3, 0.4) is 0 Å². The van der Waals surface area contributed by atoms with Crippen LogP contribution in [0.25, 0.3) is 0 Å². The summed E-state index contributed by atoms with van der Waals surface area (Å²) in [6.45, 7) is 1.74. The molecule has 4 rings (SSSR count). The highest BCUT2D eigenvalue weighted by Crippen LogP contribution is 2.22. The van der Waals surface area contributed by atoms with Crippen molar-refractivity contribution < 1.29 is 18.7 Å². The predicted octanol–water partition coefficient (Wildman–Crippen LogP) is 4.18. The van der Waals surface area contributed by atoms with E-state index in [4.69, 9.17) is 9.15 Å². The zero-order valence-electron chi connectivity index (χ0n) is 17.5. The molecule has 2 amide bonds. The maximum Gasteiger partial charge on any atom is 0.289 e. The number of amides is 2. The zero-order chi connectivity index (χ0) is 22.3. The molecule has 0 bridgehead atoms. The minimum absolute atomic E-state index is 0.0194. The van der Waals surface area contributed by atoms with E-state index in [0.717, 1.165) is 10.0 Å². The summed E-state index contributed by atoms with van der Waals surface area (Å²) in [4.78, 5) is 31.0. The molecule has 7 nitrogen and oxygen atoms in total. The van der Waals surface area contributed by atoms with Crippen molar-refractivity contribution in [1.29, 1.82) is 0 Å². The number of hydrogen-bond donors (Lipinski definition) is 1. The topological polar surface area (TPSA) is 84.7 Å². The number of carbonyl (C=O) groups is 2. The Kier molecular flexibility index (Phi) is 7.21. The number of pyridine rings is 1. The van der Waals surface area contributed by atoms with E-state index in [0.29, 0.717) is 44.0 Å². The van der Waals surface area contributed by atoms with Crippen LogP contribution in [0.4, 0.5) is 0 Å². The van der Waals surface area contributed by atoms with E-state index in [1.807, 2.05) is 36.4 Å². The summed E-state index contributed by atoms with van der Waals surface area (Å²) in [5, 5.41) is 2.96. The zero-order valence-corrected chi connectivity index (χ0v) is 19.1. The lowest BCUT2D eigenvalue weighted by molar-refractivity contribution is -0.126. The number of carbonyl (C=O) groups excluding carboxylic acids is 2. The summed E-state index contributed by atoms with van der Waals surface area (Å²) in [6, 6.07) is 14.7. The molecule has 1 saturated heterocycles. The number of piperidine rings is 1. The van der Waals surface area contributed by atoms with E-state index >= 15 is 0 Å². The maximum absolute atomic E-state index is 12.8. The number of likely N-dealkylation sites (tertiary alicyclic amines) is 1. The molecule has 0 atom stereocenters. The van der Waals surface area contributed by atoms with Crippen molar-refractivity contribution in [1.82, 2.24) is 15.2 Å². The fourth-order valence-corrected chi connectivity index (χ4v) is 4.00. The standard InChI is InChI=1S/C24H24BrN3O4/c25-19-4-1-5-20(13-19)31-16-21-6-7-22(32-21)24(30)28-11-8-18(9-12-28)23(29)27-15-17-3-2-10-26-14-17/h1-7,10,13-14,18H,8-9,11-12,15-16H2,(H,27,29). The van der Waals surface area contributed by atoms with E-state index < -0.39 is 0 Å². The first-order valence-corrected chi connectivity index (χ1v) is 11.3. The fourth-order valence-electron chi connectivity index (χ4n) is 3.62. The summed E-state index contributed by atoms with van der Waals surface area (Å²) in [5.74, 6) is 1.35. The van der Waals surface area contributed by atoms with Crippen molar-refractivity contribution in [3.63, 3.8) is 0 Å². The number of nitrogens with zero attached hydrogens (tertiary/aromatic N) is 2. The van der Waals surface area contributed by atoms with Crippen LogP contribution >= 0.6 is 15.9 Å². The molecule has 3 aromatic rings. The predicted molar refractivity (Wildman–Crippen MR) is 122 cm³/mol. The molecule has 1 aliphatic rings. The van der Waals surface area contributed by atoms with E-state index in [1.54, 1.807) is 29.4 Å². The molecule has 0 aliphatic carbocycles. The van der Waals surface area contributed by atoms with Crippen molar-refractivity contribution in [3.05, 3.63) is 82.5 Å². The molecular weight excluding hydrogens is 474 g/mol. The van der Waals surface area contributed by atoms with E-state index in [1.165, 1.54) is 0 Å². The smallest absolute Gasteiger partial charge is 0.289 e. The number of nitrogens with one attached hydrogen (secondary N) is 1. The van der Waals surface area contributed by atoms with Gasteiger partial charge in [-0.2, -0.15) is 0 Å². The lowest BCUT2D eigenvalue weighted by Crippen LogP contribution is -2.42. The third-order valence-electron chi connectivity index (χ3n) is 5.39. The molecule has 32 heavy (non-hydrogen) atoms. The highest BCUT2D eigenvalue weighted by atomic mass is 79.9. The van der Waals surface area contributed by atoms with Crippen molar-refractivity contribution >= 4 is 27.7 Å². The Morgan fingerprint density at radius 1 is 1.16 bits per heavy atom. The van der Waals surface area contributed by atoms with Gasteiger partial charge in [-0.05, 0) is 54.8 Å². The summed E-state index contributed by atoms with van der Waals surface area (Å²) in [6.07, 6.45) is 4.70. The van der Waals surface area contributed by atoms with Gasteiger partial charge in [-0.3, -0.25) is 14.6 Å². The molecule has 0 saturated carbocycles. The molecule has 8 heteroatoms. The van der Waals surface area contributed by atoms with Gasteiger partial charge in [0, 0.05) is 42.4 Å².